The zero-order chi connectivity index (χ0) is 15.6. The molecule has 1 aromatic heterocycles. The van der Waals surface area contributed by atoms with Crippen LogP contribution in [0.4, 0.5) is 0 Å². The second-order valence-electron chi connectivity index (χ2n) is 5.70. The van der Waals surface area contributed by atoms with E-state index in [0.717, 1.165) is 23.6 Å². The Balaban J connectivity index is 1.44. The van der Waals surface area contributed by atoms with E-state index >= 15 is 0 Å². The molecule has 0 unspecified atom stereocenters. The number of rotatable bonds is 4. The molecule has 0 saturated heterocycles. The maximum atomic E-state index is 5.90. The summed E-state index contributed by atoms with van der Waals surface area (Å²) in [5.41, 5.74) is 4.57. The molecule has 4 rings (SSSR count). The zero-order valence-electron chi connectivity index (χ0n) is 12.6. The van der Waals surface area contributed by atoms with Crippen molar-refractivity contribution in [1.82, 2.24) is 15.0 Å². The first kappa shape index (κ1) is 14.3. The summed E-state index contributed by atoms with van der Waals surface area (Å²) >= 11 is 5.90. The highest BCUT2D eigenvalue weighted by Gasteiger charge is 2.11. The van der Waals surface area contributed by atoms with Gasteiger partial charge in [0.2, 0.25) is 0 Å². The maximum Gasteiger partial charge on any atom is 0.134 e. The minimum atomic E-state index is 0.409. The number of halogens is 1. The largest absolute Gasteiger partial charge is 0.487 e. The Bertz CT molecular complexity index is 827. The van der Waals surface area contributed by atoms with Crippen molar-refractivity contribution >= 4 is 11.6 Å². The van der Waals surface area contributed by atoms with Crippen LogP contribution in [0.2, 0.25) is 5.02 Å². The summed E-state index contributed by atoms with van der Waals surface area (Å²) in [6.07, 6.45) is 5.45. The van der Waals surface area contributed by atoms with Gasteiger partial charge in [0, 0.05) is 5.02 Å². The SMILES string of the molecule is Clc1ccc(-n2cc(COc3ccc4c(c3)CCC4)nn2)cc1. The lowest BCUT2D eigenvalue weighted by molar-refractivity contribution is 0.301. The van der Waals surface area contributed by atoms with Crippen molar-refractivity contribution in [1.29, 1.82) is 0 Å². The topological polar surface area (TPSA) is 39.9 Å². The number of fused-ring (bicyclic) bond motifs is 1. The van der Waals surface area contributed by atoms with Crippen molar-refractivity contribution in [2.75, 3.05) is 0 Å². The van der Waals surface area contributed by atoms with Gasteiger partial charge in [0.1, 0.15) is 18.1 Å². The molecule has 4 nitrogen and oxygen atoms in total. The fourth-order valence-corrected chi connectivity index (χ4v) is 3.01. The summed E-state index contributed by atoms with van der Waals surface area (Å²) in [5.74, 6) is 0.895. The van der Waals surface area contributed by atoms with Crippen LogP contribution in [0.25, 0.3) is 5.69 Å². The smallest absolute Gasteiger partial charge is 0.134 e. The van der Waals surface area contributed by atoms with Gasteiger partial charge >= 0.3 is 0 Å². The minimum absolute atomic E-state index is 0.409. The van der Waals surface area contributed by atoms with Gasteiger partial charge in [-0.2, -0.15) is 0 Å². The lowest BCUT2D eigenvalue weighted by atomic mass is 10.1. The van der Waals surface area contributed by atoms with E-state index in [-0.39, 0.29) is 0 Å². The van der Waals surface area contributed by atoms with Crippen LogP contribution in [0.5, 0.6) is 5.75 Å². The third-order valence-electron chi connectivity index (χ3n) is 4.09. The van der Waals surface area contributed by atoms with Crippen LogP contribution in [-0.2, 0) is 19.4 Å². The van der Waals surface area contributed by atoms with Crippen LogP contribution < -0.4 is 4.74 Å². The number of nitrogens with zero attached hydrogens (tertiary/aromatic N) is 3. The van der Waals surface area contributed by atoms with E-state index in [1.54, 1.807) is 4.68 Å². The number of aryl methyl sites for hydroxylation is 2. The third kappa shape index (κ3) is 3.08. The van der Waals surface area contributed by atoms with Crippen LogP contribution in [0.1, 0.15) is 23.2 Å². The van der Waals surface area contributed by atoms with Gasteiger partial charge in [-0.3, -0.25) is 0 Å². The quantitative estimate of drug-likeness (QED) is 0.728. The van der Waals surface area contributed by atoms with Crippen molar-refractivity contribution in [3.8, 4) is 11.4 Å². The number of ether oxygens (including phenoxy) is 1. The molecule has 0 aliphatic heterocycles. The van der Waals surface area contributed by atoms with Crippen LogP contribution in [0, 0.1) is 0 Å². The second kappa shape index (κ2) is 6.05. The molecule has 0 spiro atoms. The Hall–Kier alpha value is -2.33. The average molecular weight is 326 g/mol. The standard InChI is InChI=1S/C18H16ClN3O/c19-15-5-7-17(8-6-15)22-11-16(20-21-22)12-23-18-9-4-13-2-1-3-14(13)10-18/h4-11H,1-3,12H2. The molecule has 1 aliphatic carbocycles. The van der Waals surface area contributed by atoms with E-state index in [0.29, 0.717) is 11.6 Å². The van der Waals surface area contributed by atoms with Gasteiger partial charge in [-0.05, 0) is 66.8 Å². The van der Waals surface area contributed by atoms with E-state index in [2.05, 4.69) is 22.4 Å². The number of hydrogen-bond acceptors (Lipinski definition) is 3. The molecule has 5 heteroatoms. The summed E-state index contributed by atoms with van der Waals surface area (Å²) in [4.78, 5) is 0. The molecule has 0 radical (unpaired) electrons. The first-order valence-electron chi connectivity index (χ1n) is 7.70. The van der Waals surface area contributed by atoms with Crippen LogP contribution in [0.15, 0.2) is 48.7 Å². The lowest BCUT2D eigenvalue weighted by Gasteiger charge is -2.06. The normalized spacial score (nSPS) is 13.1. The molecule has 0 amide bonds. The highest BCUT2D eigenvalue weighted by atomic mass is 35.5. The van der Waals surface area contributed by atoms with Gasteiger partial charge in [-0.15, -0.1) is 5.10 Å². The number of aromatic nitrogens is 3. The monoisotopic (exact) mass is 325 g/mol. The highest BCUT2D eigenvalue weighted by Crippen LogP contribution is 2.26. The Kier molecular flexibility index (Phi) is 3.75. The van der Waals surface area contributed by atoms with Gasteiger partial charge in [-0.25, -0.2) is 4.68 Å². The Morgan fingerprint density at radius 3 is 2.74 bits per heavy atom. The predicted molar refractivity (Wildman–Crippen MR) is 89.2 cm³/mol. The summed E-state index contributed by atoms with van der Waals surface area (Å²) in [6, 6.07) is 13.8. The number of hydrogen-bond donors (Lipinski definition) is 0. The van der Waals surface area contributed by atoms with Gasteiger partial charge < -0.3 is 4.74 Å². The first-order chi connectivity index (χ1) is 11.3. The van der Waals surface area contributed by atoms with E-state index in [1.807, 2.05) is 36.5 Å². The van der Waals surface area contributed by atoms with E-state index in [4.69, 9.17) is 16.3 Å². The lowest BCUT2D eigenvalue weighted by Crippen LogP contribution is -1.96. The molecule has 0 fully saturated rings. The highest BCUT2D eigenvalue weighted by molar-refractivity contribution is 6.30. The molecule has 0 saturated carbocycles. The van der Waals surface area contributed by atoms with Crippen molar-refractivity contribution in [3.05, 3.63) is 70.5 Å². The first-order valence-corrected chi connectivity index (χ1v) is 8.07. The minimum Gasteiger partial charge on any atom is -0.487 e. The maximum absolute atomic E-state index is 5.90. The summed E-state index contributed by atoms with van der Waals surface area (Å²) < 4.78 is 7.57. The predicted octanol–water partition coefficient (Wildman–Crippen LogP) is 3.99. The zero-order valence-corrected chi connectivity index (χ0v) is 13.3. The molecule has 0 atom stereocenters. The molecular weight excluding hydrogens is 310 g/mol. The van der Waals surface area contributed by atoms with Gasteiger partial charge in [-0.1, -0.05) is 22.9 Å². The van der Waals surface area contributed by atoms with Gasteiger partial charge in [0.05, 0.1) is 11.9 Å². The van der Waals surface area contributed by atoms with Crippen LogP contribution in [-0.4, -0.2) is 15.0 Å². The number of benzene rings is 2. The molecular formula is C18H16ClN3O. The second-order valence-corrected chi connectivity index (χ2v) is 6.14. The third-order valence-corrected chi connectivity index (χ3v) is 4.34. The Morgan fingerprint density at radius 1 is 1.04 bits per heavy atom. The van der Waals surface area contributed by atoms with Crippen LogP contribution in [0.3, 0.4) is 0 Å². The summed E-state index contributed by atoms with van der Waals surface area (Å²) in [5, 5.41) is 8.99. The molecule has 2 aromatic carbocycles. The van der Waals surface area contributed by atoms with Crippen molar-refractivity contribution in [2.24, 2.45) is 0 Å². The van der Waals surface area contributed by atoms with E-state index in [9.17, 15) is 0 Å². The van der Waals surface area contributed by atoms with E-state index in [1.165, 1.54) is 24.0 Å². The molecule has 1 aliphatic rings. The average Bonchev–Trinajstić information content (AvgIpc) is 3.22. The van der Waals surface area contributed by atoms with Crippen molar-refractivity contribution < 1.29 is 4.74 Å². The molecule has 1 heterocycles. The van der Waals surface area contributed by atoms with Crippen molar-refractivity contribution in [2.45, 2.75) is 25.9 Å². The van der Waals surface area contributed by atoms with E-state index < -0.39 is 0 Å². The Morgan fingerprint density at radius 2 is 1.87 bits per heavy atom. The molecule has 116 valence electrons. The molecule has 23 heavy (non-hydrogen) atoms. The van der Waals surface area contributed by atoms with Crippen molar-refractivity contribution in [3.63, 3.8) is 0 Å². The fraction of sp³-hybridized carbons (Fsp3) is 0.222. The molecule has 3 aromatic rings. The fourth-order valence-electron chi connectivity index (χ4n) is 2.88. The van der Waals surface area contributed by atoms with Gasteiger partial charge in [0.25, 0.3) is 0 Å². The molecule has 0 N–H and O–H groups in total. The molecule has 0 bridgehead atoms. The summed E-state index contributed by atoms with van der Waals surface area (Å²) in [6.45, 7) is 0.409. The van der Waals surface area contributed by atoms with Gasteiger partial charge in [0.15, 0.2) is 0 Å². The summed E-state index contributed by atoms with van der Waals surface area (Å²) in [7, 11) is 0. The Labute approximate surface area is 139 Å². The van der Waals surface area contributed by atoms with Crippen LogP contribution >= 0.6 is 11.6 Å².